The highest BCUT2D eigenvalue weighted by atomic mass is 16.5. The molecule has 0 aromatic heterocycles. The molecule has 0 aliphatic rings. The number of nitriles is 1. The summed E-state index contributed by atoms with van der Waals surface area (Å²) in [6.45, 7) is 4.99. The number of hydrogen-bond donors (Lipinski definition) is 1. The van der Waals surface area contributed by atoms with Crippen molar-refractivity contribution in [1.29, 1.82) is 5.26 Å². The molecular formula is C14H20N2O. The summed E-state index contributed by atoms with van der Waals surface area (Å²) in [6, 6.07) is 10.1. The van der Waals surface area contributed by atoms with Gasteiger partial charge in [-0.3, -0.25) is 0 Å². The zero-order valence-corrected chi connectivity index (χ0v) is 10.6. The molecule has 0 aliphatic carbocycles. The Labute approximate surface area is 103 Å². The maximum absolute atomic E-state index is 8.44. The molecule has 3 heteroatoms. The number of hydrogen-bond acceptors (Lipinski definition) is 3. The number of rotatable bonds is 7. The molecule has 0 aliphatic heterocycles. The van der Waals surface area contributed by atoms with Crippen molar-refractivity contribution in [3.63, 3.8) is 0 Å². The smallest absolute Gasteiger partial charge is 0.121 e. The van der Waals surface area contributed by atoms with Crippen LogP contribution in [0.1, 0.15) is 33.1 Å². The molecule has 1 aromatic carbocycles. The highest BCUT2D eigenvalue weighted by Gasteiger charge is 2.01. The predicted octanol–water partition coefficient (Wildman–Crippen LogP) is 3.58. The first-order chi connectivity index (χ1) is 8.26. The minimum absolute atomic E-state index is 0.240. The van der Waals surface area contributed by atoms with Crippen LogP contribution in [0, 0.1) is 11.3 Å². The van der Waals surface area contributed by atoms with Gasteiger partial charge in [0.2, 0.25) is 0 Å². The van der Waals surface area contributed by atoms with Crippen molar-refractivity contribution in [3.8, 4) is 11.8 Å². The van der Waals surface area contributed by atoms with Gasteiger partial charge in [0.25, 0.3) is 0 Å². The van der Waals surface area contributed by atoms with Gasteiger partial charge in [0.1, 0.15) is 5.75 Å². The predicted molar refractivity (Wildman–Crippen MR) is 70.2 cm³/mol. The Bertz CT molecular complexity index is 371. The van der Waals surface area contributed by atoms with Crippen molar-refractivity contribution >= 4 is 5.69 Å². The zero-order chi connectivity index (χ0) is 12.5. The second-order valence-corrected chi connectivity index (χ2v) is 4.05. The summed E-state index contributed by atoms with van der Waals surface area (Å²) in [7, 11) is 0. The van der Waals surface area contributed by atoms with E-state index in [4.69, 9.17) is 10.00 Å². The summed E-state index contributed by atoms with van der Waals surface area (Å²) in [5.41, 5.74) is 1.05. The molecule has 0 radical (unpaired) electrons. The number of nitrogens with zero attached hydrogens (tertiary/aromatic N) is 1. The summed E-state index contributed by atoms with van der Waals surface area (Å²) in [4.78, 5) is 0. The van der Waals surface area contributed by atoms with Crippen LogP contribution < -0.4 is 10.1 Å². The third-order valence-corrected chi connectivity index (χ3v) is 2.54. The molecule has 0 saturated heterocycles. The minimum Gasteiger partial charge on any atom is -0.491 e. The van der Waals surface area contributed by atoms with Crippen molar-refractivity contribution in [2.45, 2.75) is 39.2 Å². The Morgan fingerprint density at radius 2 is 2.29 bits per heavy atom. The van der Waals surface area contributed by atoms with Crippen molar-refractivity contribution in [2.24, 2.45) is 0 Å². The first-order valence-corrected chi connectivity index (χ1v) is 6.13. The maximum Gasteiger partial charge on any atom is 0.121 e. The van der Waals surface area contributed by atoms with Gasteiger partial charge in [-0.15, -0.1) is 0 Å². The largest absolute Gasteiger partial charge is 0.491 e. The number of benzene rings is 1. The van der Waals surface area contributed by atoms with Crippen LogP contribution in [-0.2, 0) is 0 Å². The van der Waals surface area contributed by atoms with Crippen LogP contribution in [-0.4, -0.2) is 12.6 Å². The first-order valence-electron chi connectivity index (χ1n) is 6.13. The molecular weight excluding hydrogens is 212 g/mol. The molecule has 0 bridgehead atoms. The quantitative estimate of drug-likeness (QED) is 0.731. The van der Waals surface area contributed by atoms with E-state index in [0.717, 1.165) is 30.8 Å². The van der Waals surface area contributed by atoms with E-state index in [9.17, 15) is 0 Å². The Morgan fingerprint density at radius 1 is 1.47 bits per heavy atom. The van der Waals surface area contributed by atoms with E-state index in [0.29, 0.717) is 6.42 Å². The molecule has 1 atom stereocenters. The summed E-state index contributed by atoms with van der Waals surface area (Å²) < 4.78 is 5.74. The van der Waals surface area contributed by atoms with Crippen molar-refractivity contribution < 1.29 is 4.74 Å². The van der Waals surface area contributed by atoms with Gasteiger partial charge in [-0.2, -0.15) is 5.26 Å². The van der Waals surface area contributed by atoms with Crippen LogP contribution in [0.4, 0.5) is 5.69 Å². The number of ether oxygens (including phenoxy) is 1. The van der Waals surface area contributed by atoms with Crippen LogP contribution in [0.2, 0.25) is 0 Å². The van der Waals surface area contributed by atoms with E-state index in [1.54, 1.807) is 0 Å². The molecule has 3 nitrogen and oxygen atoms in total. The van der Waals surface area contributed by atoms with E-state index in [1.807, 2.05) is 24.3 Å². The van der Waals surface area contributed by atoms with E-state index in [1.165, 1.54) is 0 Å². The van der Waals surface area contributed by atoms with Gasteiger partial charge in [0.15, 0.2) is 0 Å². The fourth-order valence-corrected chi connectivity index (χ4v) is 1.40. The van der Waals surface area contributed by atoms with Gasteiger partial charge in [-0.1, -0.05) is 13.0 Å². The molecule has 1 rings (SSSR count). The first kappa shape index (κ1) is 13.4. The molecule has 17 heavy (non-hydrogen) atoms. The monoisotopic (exact) mass is 232 g/mol. The van der Waals surface area contributed by atoms with Crippen molar-refractivity contribution in [3.05, 3.63) is 24.3 Å². The lowest BCUT2D eigenvalue weighted by molar-refractivity contribution is 0.217. The molecule has 92 valence electrons. The van der Waals surface area contributed by atoms with Gasteiger partial charge in [0.05, 0.1) is 12.2 Å². The second-order valence-electron chi connectivity index (χ2n) is 4.05. The Morgan fingerprint density at radius 3 is 3.00 bits per heavy atom. The number of nitrogens with one attached hydrogen (secondary N) is 1. The third kappa shape index (κ3) is 5.26. The number of anilines is 1. The SMILES string of the molecule is CCC(C)Oc1cccc(NCCCC#N)c1. The van der Waals surface area contributed by atoms with Gasteiger partial charge in [0, 0.05) is 24.7 Å². The summed E-state index contributed by atoms with van der Waals surface area (Å²) in [5, 5.41) is 11.7. The van der Waals surface area contributed by atoms with Crippen LogP contribution in [0.25, 0.3) is 0 Å². The molecule has 0 saturated carbocycles. The normalized spacial score (nSPS) is 11.6. The molecule has 1 aromatic rings. The lowest BCUT2D eigenvalue weighted by Gasteiger charge is -2.13. The van der Waals surface area contributed by atoms with E-state index in [2.05, 4.69) is 25.2 Å². The summed E-state index contributed by atoms with van der Waals surface area (Å²) >= 11 is 0. The Kier molecular flexibility index (Phi) is 5.95. The van der Waals surface area contributed by atoms with Crippen LogP contribution in [0.3, 0.4) is 0 Å². The maximum atomic E-state index is 8.44. The molecule has 1 N–H and O–H groups in total. The lowest BCUT2D eigenvalue weighted by atomic mass is 10.2. The average Bonchev–Trinajstić information content (AvgIpc) is 2.35. The topological polar surface area (TPSA) is 45.0 Å². The van der Waals surface area contributed by atoms with E-state index in [-0.39, 0.29) is 6.10 Å². The molecule has 1 unspecified atom stereocenters. The molecule has 0 heterocycles. The van der Waals surface area contributed by atoms with E-state index < -0.39 is 0 Å². The fourth-order valence-electron chi connectivity index (χ4n) is 1.40. The molecule has 0 spiro atoms. The molecule has 0 fully saturated rings. The fraction of sp³-hybridized carbons (Fsp3) is 0.500. The highest BCUT2D eigenvalue weighted by molar-refractivity contribution is 5.48. The highest BCUT2D eigenvalue weighted by Crippen LogP contribution is 2.19. The Balaban J connectivity index is 2.45. The van der Waals surface area contributed by atoms with Gasteiger partial charge >= 0.3 is 0 Å². The van der Waals surface area contributed by atoms with Crippen LogP contribution in [0.5, 0.6) is 5.75 Å². The van der Waals surface area contributed by atoms with E-state index >= 15 is 0 Å². The minimum atomic E-state index is 0.240. The summed E-state index contributed by atoms with van der Waals surface area (Å²) in [6.07, 6.45) is 2.70. The standard InChI is InChI=1S/C14H20N2O/c1-3-12(2)17-14-8-6-7-13(11-14)16-10-5-4-9-15/h6-8,11-12,16H,3-5,10H2,1-2H3. The van der Waals surface area contributed by atoms with Crippen molar-refractivity contribution in [2.75, 3.05) is 11.9 Å². The molecule has 0 amide bonds. The van der Waals surface area contributed by atoms with Gasteiger partial charge < -0.3 is 10.1 Å². The summed E-state index contributed by atoms with van der Waals surface area (Å²) in [5.74, 6) is 0.893. The average molecular weight is 232 g/mol. The van der Waals surface area contributed by atoms with Crippen LogP contribution >= 0.6 is 0 Å². The van der Waals surface area contributed by atoms with Crippen molar-refractivity contribution in [1.82, 2.24) is 0 Å². The Hall–Kier alpha value is -1.69. The second kappa shape index (κ2) is 7.56. The zero-order valence-electron chi connectivity index (χ0n) is 10.6. The number of unbranched alkanes of at least 4 members (excludes halogenated alkanes) is 1. The van der Waals surface area contributed by atoms with Gasteiger partial charge in [-0.05, 0) is 31.9 Å². The third-order valence-electron chi connectivity index (χ3n) is 2.54. The van der Waals surface area contributed by atoms with Crippen LogP contribution in [0.15, 0.2) is 24.3 Å². The lowest BCUT2D eigenvalue weighted by Crippen LogP contribution is -2.10. The van der Waals surface area contributed by atoms with Gasteiger partial charge in [-0.25, -0.2) is 0 Å².